The van der Waals surface area contributed by atoms with Crippen LogP contribution in [0.4, 0.5) is 10.1 Å². The van der Waals surface area contributed by atoms with Crippen molar-refractivity contribution < 1.29 is 19.1 Å². The summed E-state index contributed by atoms with van der Waals surface area (Å²) in [5.74, 6) is -1.48. The van der Waals surface area contributed by atoms with Crippen LogP contribution in [-0.4, -0.2) is 46.5 Å². The maximum absolute atomic E-state index is 13.2. The number of aromatic amines is 1. The zero-order valence-corrected chi connectivity index (χ0v) is 15.3. The second-order valence-corrected chi connectivity index (χ2v) is 7.15. The van der Waals surface area contributed by atoms with Gasteiger partial charge < -0.3 is 15.4 Å². The van der Waals surface area contributed by atoms with E-state index in [1.165, 1.54) is 18.2 Å². The van der Waals surface area contributed by atoms with Crippen molar-refractivity contribution in [3.05, 3.63) is 65.6 Å². The minimum Gasteiger partial charge on any atom is -0.477 e. The Balaban J connectivity index is 1.56. The molecule has 1 aliphatic rings. The third-order valence-corrected chi connectivity index (χ3v) is 5.33. The third kappa shape index (κ3) is 3.36. The molecule has 0 bridgehead atoms. The van der Waals surface area contributed by atoms with Crippen molar-refractivity contribution in [2.75, 3.05) is 18.9 Å². The highest BCUT2D eigenvalue weighted by molar-refractivity contribution is 5.99. The van der Waals surface area contributed by atoms with E-state index >= 15 is 0 Å². The second kappa shape index (κ2) is 7.09. The number of rotatable bonds is 4. The lowest BCUT2D eigenvalue weighted by Gasteiger charge is -2.24. The summed E-state index contributed by atoms with van der Waals surface area (Å²) >= 11 is 0. The van der Waals surface area contributed by atoms with Gasteiger partial charge in [-0.1, -0.05) is 12.1 Å². The number of H-pyrrole nitrogens is 1. The molecule has 0 aliphatic carbocycles. The van der Waals surface area contributed by atoms with Gasteiger partial charge in [-0.3, -0.25) is 9.69 Å². The largest absolute Gasteiger partial charge is 0.477 e. The van der Waals surface area contributed by atoms with Gasteiger partial charge in [0.2, 0.25) is 5.91 Å². The molecule has 6 nitrogen and oxygen atoms in total. The maximum Gasteiger partial charge on any atom is 0.352 e. The first-order valence-corrected chi connectivity index (χ1v) is 9.05. The number of aromatic carboxylic acids is 1. The topological polar surface area (TPSA) is 85.4 Å². The molecule has 0 radical (unpaired) electrons. The summed E-state index contributed by atoms with van der Waals surface area (Å²) in [6.07, 6.45) is 0.818. The van der Waals surface area contributed by atoms with Crippen LogP contribution in [0.3, 0.4) is 0 Å². The molecule has 2 heterocycles. The lowest BCUT2D eigenvalue weighted by atomic mass is 9.91. The number of carbonyl (C=O) groups is 2. The Morgan fingerprint density at radius 1 is 1.18 bits per heavy atom. The van der Waals surface area contributed by atoms with Crippen LogP contribution in [0.5, 0.6) is 0 Å². The molecule has 1 saturated heterocycles. The Labute approximate surface area is 161 Å². The minimum absolute atomic E-state index is 0.0137. The van der Waals surface area contributed by atoms with Crippen LogP contribution < -0.4 is 5.32 Å². The number of likely N-dealkylation sites (N-methyl/N-ethyl adjacent to an activating group) is 1. The Kier molecular flexibility index (Phi) is 4.60. The quantitative estimate of drug-likeness (QED) is 0.646. The number of carbonyl (C=O) groups excluding carboxylic acids is 1. The van der Waals surface area contributed by atoms with Crippen LogP contribution in [0.25, 0.3) is 10.9 Å². The molecule has 1 aliphatic heterocycles. The summed E-state index contributed by atoms with van der Waals surface area (Å²) < 4.78 is 13.2. The summed E-state index contributed by atoms with van der Waals surface area (Å²) in [6, 6.07) is 12.7. The van der Waals surface area contributed by atoms with Crippen molar-refractivity contribution in [3.8, 4) is 0 Å². The van der Waals surface area contributed by atoms with Gasteiger partial charge in [0.25, 0.3) is 0 Å². The van der Waals surface area contributed by atoms with Gasteiger partial charge in [-0.15, -0.1) is 0 Å². The molecule has 4 rings (SSSR count). The summed E-state index contributed by atoms with van der Waals surface area (Å²) in [4.78, 5) is 28.9. The lowest BCUT2D eigenvalue weighted by molar-refractivity contribution is -0.120. The van der Waals surface area contributed by atoms with E-state index < -0.39 is 5.97 Å². The first-order chi connectivity index (χ1) is 13.4. The summed E-state index contributed by atoms with van der Waals surface area (Å²) in [6.45, 7) is 0.777. The average molecular weight is 381 g/mol. The van der Waals surface area contributed by atoms with Crippen molar-refractivity contribution >= 4 is 28.5 Å². The molecule has 2 atom stereocenters. The number of halogens is 1. The Bertz CT molecular complexity index is 1040. The van der Waals surface area contributed by atoms with Gasteiger partial charge in [0, 0.05) is 22.5 Å². The monoisotopic (exact) mass is 381 g/mol. The van der Waals surface area contributed by atoms with Gasteiger partial charge in [0.15, 0.2) is 0 Å². The summed E-state index contributed by atoms with van der Waals surface area (Å²) in [7, 11) is 1.91. The molecule has 3 N–H and O–H groups in total. The van der Waals surface area contributed by atoms with Gasteiger partial charge in [-0.2, -0.15) is 0 Å². The molecule has 1 aromatic heterocycles. The van der Waals surface area contributed by atoms with Crippen LogP contribution in [0.1, 0.15) is 28.4 Å². The number of nitrogens with one attached hydrogen (secondary N) is 2. The summed E-state index contributed by atoms with van der Waals surface area (Å²) in [5, 5.41) is 12.8. The Hall–Kier alpha value is -3.19. The van der Waals surface area contributed by atoms with Crippen molar-refractivity contribution in [2.45, 2.75) is 18.4 Å². The number of amides is 1. The van der Waals surface area contributed by atoms with Crippen LogP contribution in [0.2, 0.25) is 0 Å². The van der Waals surface area contributed by atoms with Gasteiger partial charge >= 0.3 is 5.97 Å². The molecule has 1 amide bonds. The zero-order chi connectivity index (χ0) is 19.8. The Morgan fingerprint density at radius 2 is 1.93 bits per heavy atom. The number of likely N-dealkylation sites (tertiary alicyclic amines) is 1. The lowest BCUT2D eigenvalue weighted by Crippen LogP contribution is -2.40. The highest BCUT2D eigenvalue weighted by Gasteiger charge is 2.38. The molecule has 0 saturated carbocycles. The van der Waals surface area contributed by atoms with Crippen molar-refractivity contribution in [3.63, 3.8) is 0 Å². The smallest absolute Gasteiger partial charge is 0.352 e. The molecule has 2 unspecified atom stereocenters. The fraction of sp³-hybridized carbons (Fsp3) is 0.238. The van der Waals surface area contributed by atoms with Gasteiger partial charge in [0.05, 0.1) is 6.04 Å². The third-order valence-electron chi connectivity index (χ3n) is 5.33. The number of anilines is 1. The number of hydrogen-bond acceptors (Lipinski definition) is 3. The van der Waals surface area contributed by atoms with Gasteiger partial charge in [-0.05, 0) is 62.0 Å². The number of nitrogens with zero attached hydrogens (tertiary/aromatic N) is 1. The molecule has 28 heavy (non-hydrogen) atoms. The predicted octanol–water partition coefficient (Wildman–Crippen LogP) is 3.43. The van der Waals surface area contributed by atoms with E-state index in [1.807, 2.05) is 11.9 Å². The fourth-order valence-electron chi connectivity index (χ4n) is 3.93. The first-order valence-electron chi connectivity index (χ1n) is 9.05. The van der Waals surface area contributed by atoms with E-state index in [0.717, 1.165) is 18.5 Å². The zero-order valence-electron chi connectivity index (χ0n) is 15.3. The number of fused-ring (bicyclic) bond motifs is 1. The van der Waals surface area contributed by atoms with Crippen LogP contribution >= 0.6 is 0 Å². The van der Waals surface area contributed by atoms with Crippen molar-refractivity contribution in [2.24, 2.45) is 0 Å². The average Bonchev–Trinajstić information content (AvgIpc) is 3.25. The normalized spacial score (nSPS) is 19.8. The second-order valence-electron chi connectivity index (χ2n) is 7.15. The molecule has 0 spiro atoms. The van der Waals surface area contributed by atoms with E-state index in [9.17, 15) is 14.0 Å². The SMILES string of the molecule is CN1CCC(c2ccc(F)cc2)C1C(=O)Nc1ccc2[nH]c(C(=O)O)cc2c1. The first kappa shape index (κ1) is 18.2. The molecule has 1 fully saturated rings. The molecule has 144 valence electrons. The molecule has 2 aromatic carbocycles. The summed E-state index contributed by atoms with van der Waals surface area (Å²) in [5.41, 5.74) is 2.34. The predicted molar refractivity (Wildman–Crippen MR) is 104 cm³/mol. The van der Waals surface area contributed by atoms with Gasteiger partial charge in [0.1, 0.15) is 11.5 Å². The van der Waals surface area contributed by atoms with Gasteiger partial charge in [-0.25, -0.2) is 9.18 Å². The fourth-order valence-corrected chi connectivity index (χ4v) is 3.93. The van der Waals surface area contributed by atoms with E-state index in [2.05, 4.69) is 10.3 Å². The standard InChI is InChI=1S/C21H20FN3O3/c1-25-9-8-16(12-2-4-14(22)5-3-12)19(25)20(26)23-15-6-7-17-13(10-15)11-18(24-17)21(27)28/h2-7,10-11,16,19,24H,8-9H2,1H3,(H,23,26)(H,27,28). The number of hydrogen-bond donors (Lipinski definition) is 3. The van der Waals surface area contributed by atoms with E-state index in [0.29, 0.717) is 16.6 Å². The highest BCUT2D eigenvalue weighted by atomic mass is 19.1. The molecular weight excluding hydrogens is 361 g/mol. The molecule has 3 aromatic rings. The maximum atomic E-state index is 13.2. The number of aromatic nitrogens is 1. The molecule has 7 heteroatoms. The highest BCUT2D eigenvalue weighted by Crippen LogP contribution is 2.33. The van der Waals surface area contributed by atoms with E-state index in [-0.39, 0.29) is 29.4 Å². The molecular formula is C21H20FN3O3. The number of carboxylic acids is 1. The number of benzene rings is 2. The van der Waals surface area contributed by atoms with Crippen LogP contribution in [0.15, 0.2) is 48.5 Å². The Morgan fingerprint density at radius 3 is 2.64 bits per heavy atom. The van der Waals surface area contributed by atoms with Crippen molar-refractivity contribution in [1.82, 2.24) is 9.88 Å². The van der Waals surface area contributed by atoms with E-state index in [4.69, 9.17) is 5.11 Å². The number of carboxylic acid groups (broad SMARTS) is 1. The van der Waals surface area contributed by atoms with Crippen LogP contribution in [0, 0.1) is 5.82 Å². The minimum atomic E-state index is -1.03. The van der Waals surface area contributed by atoms with Crippen molar-refractivity contribution in [1.29, 1.82) is 0 Å². The van der Waals surface area contributed by atoms with E-state index in [1.54, 1.807) is 30.3 Å². The van der Waals surface area contributed by atoms with Crippen LogP contribution in [-0.2, 0) is 4.79 Å².